The van der Waals surface area contributed by atoms with Crippen molar-refractivity contribution in [3.63, 3.8) is 0 Å². The van der Waals surface area contributed by atoms with Crippen LogP contribution < -0.4 is 20.7 Å². The molecule has 0 saturated carbocycles. The maximum absolute atomic E-state index is 12.5. The highest BCUT2D eigenvalue weighted by Crippen LogP contribution is 2.28. The highest BCUT2D eigenvalue weighted by molar-refractivity contribution is 7.08. The maximum atomic E-state index is 12.5. The van der Waals surface area contributed by atoms with Crippen molar-refractivity contribution in [3.05, 3.63) is 40.6 Å². The van der Waals surface area contributed by atoms with Crippen molar-refractivity contribution in [1.82, 2.24) is 10.2 Å². The summed E-state index contributed by atoms with van der Waals surface area (Å²) < 4.78 is 5.30. The Morgan fingerprint density at radius 3 is 2.57 bits per heavy atom. The molecule has 2 aromatic rings. The van der Waals surface area contributed by atoms with E-state index in [-0.39, 0.29) is 30.3 Å². The Balaban J connectivity index is 1.49. The summed E-state index contributed by atoms with van der Waals surface area (Å²) in [5.74, 6) is 0.131. The average molecular weight is 431 g/mol. The first-order valence-corrected chi connectivity index (χ1v) is 10.7. The summed E-state index contributed by atoms with van der Waals surface area (Å²) in [6.45, 7) is 3.13. The van der Waals surface area contributed by atoms with Gasteiger partial charge < -0.3 is 20.7 Å². The lowest BCUT2D eigenvalue weighted by molar-refractivity contribution is -0.117. The van der Waals surface area contributed by atoms with E-state index in [1.54, 1.807) is 18.2 Å². The molecule has 1 saturated heterocycles. The molecule has 0 radical (unpaired) electrons. The number of methoxy groups -OCH3 is 1. The van der Waals surface area contributed by atoms with Gasteiger partial charge in [-0.25, -0.2) is 0 Å². The quantitative estimate of drug-likeness (QED) is 0.627. The molecule has 1 aromatic carbocycles. The second-order valence-electron chi connectivity index (χ2n) is 7.18. The SMILES string of the molecule is COc1ccc(NC(C)=O)cc1NC(=O)CN1CCC(NC(=O)c2ccsc2)CC1. The number of thiophene rings is 1. The number of carbonyl (C=O) groups excluding carboxylic acids is 3. The molecule has 1 aliphatic rings. The molecule has 0 spiro atoms. The third-order valence-corrected chi connectivity index (χ3v) is 5.55. The minimum atomic E-state index is -0.189. The summed E-state index contributed by atoms with van der Waals surface area (Å²) >= 11 is 1.50. The average Bonchev–Trinajstić information content (AvgIpc) is 3.24. The van der Waals surface area contributed by atoms with E-state index in [1.165, 1.54) is 25.4 Å². The molecule has 0 unspecified atom stereocenters. The molecular weight excluding hydrogens is 404 g/mol. The van der Waals surface area contributed by atoms with Crippen LogP contribution in [0.4, 0.5) is 11.4 Å². The topological polar surface area (TPSA) is 99.8 Å². The van der Waals surface area contributed by atoms with Gasteiger partial charge in [0.25, 0.3) is 5.91 Å². The Labute approximate surface area is 179 Å². The van der Waals surface area contributed by atoms with E-state index in [0.717, 1.165) is 25.9 Å². The number of hydrogen-bond donors (Lipinski definition) is 3. The van der Waals surface area contributed by atoms with Gasteiger partial charge >= 0.3 is 0 Å². The minimum Gasteiger partial charge on any atom is -0.495 e. The summed E-state index contributed by atoms with van der Waals surface area (Å²) in [5, 5.41) is 12.3. The van der Waals surface area contributed by atoms with Gasteiger partial charge in [0, 0.05) is 42.7 Å². The van der Waals surface area contributed by atoms with Crippen LogP contribution in [0.1, 0.15) is 30.1 Å². The molecule has 3 N–H and O–H groups in total. The monoisotopic (exact) mass is 430 g/mol. The Morgan fingerprint density at radius 2 is 1.93 bits per heavy atom. The number of carbonyl (C=O) groups is 3. The first kappa shape index (κ1) is 21.8. The number of hydrogen-bond acceptors (Lipinski definition) is 6. The Morgan fingerprint density at radius 1 is 1.17 bits per heavy atom. The molecule has 1 fully saturated rings. The van der Waals surface area contributed by atoms with Crippen LogP contribution >= 0.6 is 11.3 Å². The van der Waals surface area contributed by atoms with Gasteiger partial charge in [-0.05, 0) is 42.5 Å². The maximum Gasteiger partial charge on any atom is 0.252 e. The summed E-state index contributed by atoms with van der Waals surface area (Å²) in [4.78, 5) is 38.0. The van der Waals surface area contributed by atoms with Gasteiger partial charge in [-0.2, -0.15) is 11.3 Å². The molecule has 160 valence electrons. The second-order valence-corrected chi connectivity index (χ2v) is 7.96. The molecule has 2 heterocycles. The van der Waals surface area contributed by atoms with Crippen LogP contribution in [0.3, 0.4) is 0 Å². The standard InChI is InChI=1S/C21H26N4O4S/c1-14(26)22-17-3-4-19(29-2)18(11-17)24-20(27)12-25-8-5-16(6-9-25)23-21(28)15-7-10-30-13-15/h3-4,7,10-11,13,16H,5-6,8-9,12H2,1-2H3,(H,22,26)(H,23,28)(H,24,27). The summed E-state index contributed by atoms with van der Waals surface area (Å²) in [6, 6.07) is 7.01. The van der Waals surface area contributed by atoms with Gasteiger partial charge in [0.15, 0.2) is 0 Å². The van der Waals surface area contributed by atoms with Crippen LogP contribution in [-0.4, -0.2) is 55.4 Å². The third-order valence-electron chi connectivity index (χ3n) is 4.87. The van der Waals surface area contributed by atoms with E-state index in [9.17, 15) is 14.4 Å². The molecule has 3 rings (SSSR count). The largest absolute Gasteiger partial charge is 0.495 e. The fraction of sp³-hybridized carbons (Fsp3) is 0.381. The van der Waals surface area contributed by atoms with Crippen LogP contribution in [0.5, 0.6) is 5.75 Å². The number of benzene rings is 1. The second kappa shape index (κ2) is 10.2. The number of likely N-dealkylation sites (tertiary alicyclic amines) is 1. The van der Waals surface area contributed by atoms with E-state index in [4.69, 9.17) is 4.74 Å². The zero-order valence-electron chi connectivity index (χ0n) is 17.1. The van der Waals surface area contributed by atoms with Gasteiger partial charge in [0.05, 0.1) is 19.3 Å². The van der Waals surface area contributed by atoms with Crippen LogP contribution in [0.15, 0.2) is 35.0 Å². The summed E-state index contributed by atoms with van der Waals surface area (Å²) in [5.41, 5.74) is 1.78. The molecule has 0 aliphatic carbocycles. The first-order chi connectivity index (χ1) is 14.4. The van der Waals surface area contributed by atoms with E-state index < -0.39 is 0 Å². The van der Waals surface area contributed by atoms with Crippen LogP contribution in [0, 0.1) is 0 Å². The van der Waals surface area contributed by atoms with Crippen molar-refractivity contribution in [2.24, 2.45) is 0 Å². The first-order valence-electron chi connectivity index (χ1n) is 9.75. The summed E-state index contributed by atoms with van der Waals surface area (Å²) in [7, 11) is 1.53. The van der Waals surface area contributed by atoms with E-state index in [0.29, 0.717) is 22.7 Å². The van der Waals surface area contributed by atoms with E-state index >= 15 is 0 Å². The molecule has 3 amide bonds. The molecule has 0 bridgehead atoms. The van der Waals surface area contributed by atoms with Crippen molar-refractivity contribution in [3.8, 4) is 5.75 Å². The Kier molecular flexibility index (Phi) is 7.42. The molecule has 9 heteroatoms. The number of ether oxygens (including phenoxy) is 1. The van der Waals surface area contributed by atoms with Crippen molar-refractivity contribution >= 4 is 40.4 Å². The lowest BCUT2D eigenvalue weighted by atomic mass is 10.0. The fourth-order valence-electron chi connectivity index (χ4n) is 3.38. The predicted octanol–water partition coefficient (Wildman–Crippen LogP) is 2.55. The zero-order chi connectivity index (χ0) is 21.5. The third kappa shape index (κ3) is 6.04. The fourth-order valence-corrected chi connectivity index (χ4v) is 4.01. The van der Waals surface area contributed by atoms with E-state index in [1.807, 2.05) is 16.8 Å². The van der Waals surface area contributed by atoms with Gasteiger partial charge in [0.2, 0.25) is 11.8 Å². The molecule has 30 heavy (non-hydrogen) atoms. The number of piperidine rings is 1. The molecule has 1 aliphatic heterocycles. The van der Waals surface area contributed by atoms with Gasteiger partial charge in [0.1, 0.15) is 5.75 Å². The van der Waals surface area contributed by atoms with Gasteiger partial charge in [-0.15, -0.1) is 0 Å². The normalized spacial score (nSPS) is 14.7. The van der Waals surface area contributed by atoms with Crippen molar-refractivity contribution in [1.29, 1.82) is 0 Å². The highest BCUT2D eigenvalue weighted by Gasteiger charge is 2.23. The molecular formula is C21H26N4O4S. The minimum absolute atomic E-state index is 0.0430. The van der Waals surface area contributed by atoms with E-state index in [2.05, 4.69) is 20.9 Å². The van der Waals surface area contributed by atoms with Crippen LogP contribution in [0.25, 0.3) is 0 Å². The van der Waals surface area contributed by atoms with Crippen LogP contribution in [-0.2, 0) is 9.59 Å². The summed E-state index contributed by atoms with van der Waals surface area (Å²) in [6.07, 6.45) is 1.59. The molecule has 1 aromatic heterocycles. The number of amides is 3. The van der Waals surface area contributed by atoms with Gasteiger partial charge in [-0.1, -0.05) is 0 Å². The highest BCUT2D eigenvalue weighted by atomic mass is 32.1. The lowest BCUT2D eigenvalue weighted by Gasteiger charge is -2.31. The van der Waals surface area contributed by atoms with Crippen LogP contribution in [0.2, 0.25) is 0 Å². The Hall–Kier alpha value is -2.91. The van der Waals surface area contributed by atoms with Crippen molar-refractivity contribution in [2.45, 2.75) is 25.8 Å². The number of nitrogens with zero attached hydrogens (tertiary/aromatic N) is 1. The molecule has 8 nitrogen and oxygen atoms in total. The van der Waals surface area contributed by atoms with Crippen molar-refractivity contribution in [2.75, 3.05) is 37.4 Å². The Bertz CT molecular complexity index is 892. The zero-order valence-corrected chi connectivity index (χ0v) is 17.9. The van der Waals surface area contributed by atoms with Gasteiger partial charge in [-0.3, -0.25) is 19.3 Å². The number of anilines is 2. The van der Waals surface area contributed by atoms with Crippen molar-refractivity contribution < 1.29 is 19.1 Å². The smallest absolute Gasteiger partial charge is 0.252 e. The predicted molar refractivity (Wildman–Crippen MR) is 117 cm³/mol. The lowest BCUT2D eigenvalue weighted by Crippen LogP contribution is -2.46. The number of nitrogens with one attached hydrogen (secondary N) is 3. The molecule has 0 atom stereocenters. The number of rotatable bonds is 7.